The van der Waals surface area contributed by atoms with E-state index in [1.165, 1.54) is 0 Å². The lowest BCUT2D eigenvalue weighted by atomic mass is 10.2. The van der Waals surface area contributed by atoms with E-state index in [1.807, 2.05) is 12.1 Å². The summed E-state index contributed by atoms with van der Waals surface area (Å²) in [5.74, 6) is 1.41. The molecule has 2 aliphatic rings. The lowest BCUT2D eigenvalue weighted by Gasteiger charge is -2.30. The highest BCUT2D eigenvalue weighted by Crippen LogP contribution is 2.37. The molecule has 1 atom stereocenters. The van der Waals surface area contributed by atoms with Crippen molar-refractivity contribution in [3.05, 3.63) is 22.7 Å². The number of fused-ring (bicyclic) bond motifs is 1. The van der Waals surface area contributed by atoms with Crippen LogP contribution in [0.4, 0.5) is 0 Å². The number of hydrogen-bond donors (Lipinski definition) is 1. The number of nitrogens with zero attached hydrogens (tertiary/aromatic N) is 1. The molecule has 0 unspecified atom stereocenters. The fraction of sp³-hybridized carbons (Fsp3) is 0.625. The van der Waals surface area contributed by atoms with E-state index in [0.29, 0.717) is 24.0 Å². The molecule has 0 saturated carbocycles. The highest BCUT2D eigenvalue weighted by Gasteiger charge is 2.18. The van der Waals surface area contributed by atoms with Crippen LogP contribution >= 0.6 is 11.6 Å². The molecular weight excluding hydrogens is 304 g/mol. The first-order valence-electron chi connectivity index (χ1n) is 7.81. The molecule has 122 valence electrons. The molecule has 2 aliphatic heterocycles. The van der Waals surface area contributed by atoms with Crippen LogP contribution in [-0.4, -0.2) is 57.5 Å². The summed E-state index contributed by atoms with van der Waals surface area (Å²) in [5, 5.41) is 4.05. The molecule has 0 amide bonds. The minimum atomic E-state index is 0.245. The molecule has 1 aromatic carbocycles. The molecule has 22 heavy (non-hydrogen) atoms. The van der Waals surface area contributed by atoms with E-state index >= 15 is 0 Å². The summed E-state index contributed by atoms with van der Waals surface area (Å²) in [6.45, 7) is 5.66. The third-order valence-corrected chi connectivity index (χ3v) is 4.19. The second-order valence-corrected chi connectivity index (χ2v) is 6.25. The molecule has 1 saturated heterocycles. The van der Waals surface area contributed by atoms with Gasteiger partial charge in [0.2, 0.25) is 0 Å². The molecule has 0 radical (unpaired) electrons. The zero-order valence-electron chi connectivity index (χ0n) is 12.9. The molecule has 0 aromatic heterocycles. The maximum absolute atomic E-state index is 6.30. The van der Waals surface area contributed by atoms with E-state index in [9.17, 15) is 0 Å². The van der Waals surface area contributed by atoms with Crippen molar-refractivity contribution in [2.75, 3.05) is 46.5 Å². The number of likely N-dealkylation sites (N-methyl/N-ethyl adjacent to an activating group) is 1. The van der Waals surface area contributed by atoms with Crippen LogP contribution in [0.15, 0.2) is 12.1 Å². The molecule has 1 fully saturated rings. The molecule has 0 spiro atoms. The minimum Gasteiger partial charge on any atom is -0.489 e. The third-order valence-electron chi connectivity index (χ3n) is 3.90. The Morgan fingerprint density at radius 3 is 3.00 bits per heavy atom. The first-order chi connectivity index (χ1) is 10.7. The van der Waals surface area contributed by atoms with Crippen LogP contribution < -0.4 is 14.8 Å². The summed E-state index contributed by atoms with van der Waals surface area (Å²) in [6, 6.07) is 3.95. The quantitative estimate of drug-likeness (QED) is 0.915. The zero-order chi connectivity index (χ0) is 15.4. The van der Waals surface area contributed by atoms with E-state index in [2.05, 4.69) is 17.3 Å². The van der Waals surface area contributed by atoms with E-state index in [0.717, 1.165) is 50.5 Å². The van der Waals surface area contributed by atoms with E-state index in [4.69, 9.17) is 25.8 Å². The van der Waals surface area contributed by atoms with Gasteiger partial charge in [0.05, 0.1) is 30.9 Å². The van der Waals surface area contributed by atoms with Gasteiger partial charge in [-0.1, -0.05) is 11.6 Å². The normalized spacial score (nSPS) is 22.4. The van der Waals surface area contributed by atoms with Crippen molar-refractivity contribution in [3.63, 3.8) is 0 Å². The van der Waals surface area contributed by atoms with Gasteiger partial charge in [0.25, 0.3) is 0 Å². The van der Waals surface area contributed by atoms with Crippen LogP contribution in [0.3, 0.4) is 0 Å². The largest absolute Gasteiger partial charge is 0.489 e. The molecule has 1 aromatic rings. The Balaban J connectivity index is 1.56. The second kappa shape index (κ2) is 7.51. The maximum atomic E-state index is 6.30. The first-order valence-corrected chi connectivity index (χ1v) is 8.19. The predicted molar refractivity (Wildman–Crippen MR) is 86.0 cm³/mol. The highest BCUT2D eigenvalue weighted by molar-refractivity contribution is 6.32. The maximum Gasteiger partial charge on any atom is 0.179 e. The van der Waals surface area contributed by atoms with Gasteiger partial charge < -0.3 is 24.4 Å². The van der Waals surface area contributed by atoms with Gasteiger partial charge >= 0.3 is 0 Å². The van der Waals surface area contributed by atoms with E-state index < -0.39 is 0 Å². The van der Waals surface area contributed by atoms with Crippen LogP contribution in [0.2, 0.25) is 5.02 Å². The SMILES string of the molecule is CN1CCO[C@@H](CNCc2cc(Cl)c3c(c2)OCCCO3)C1. The van der Waals surface area contributed by atoms with Crippen molar-refractivity contribution >= 4 is 11.6 Å². The van der Waals surface area contributed by atoms with Gasteiger partial charge in [-0.2, -0.15) is 0 Å². The van der Waals surface area contributed by atoms with Crippen molar-refractivity contribution in [1.29, 1.82) is 0 Å². The number of benzene rings is 1. The molecule has 3 rings (SSSR count). The molecule has 0 aliphatic carbocycles. The molecule has 0 bridgehead atoms. The van der Waals surface area contributed by atoms with E-state index in [1.54, 1.807) is 0 Å². The fourth-order valence-electron chi connectivity index (χ4n) is 2.75. The fourth-order valence-corrected chi connectivity index (χ4v) is 3.04. The standard InChI is InChI=1S/C16H23ClN2O3/c1-19-3-6-20-13(11-19)10-18-9-12-7-14(17)16-15(8-12)21-4-2-5-22-16/h7-8,13,18H,2-6,9-11H2,1H3/t13-/m0/s1. The van der Waals surface area contributed by atoms with Gasteiger partial charge in [0.1, 0.15) is 0 Å². The molecule has 2 heterocycles. The smallest absolute Gasteiger partial charge is 0.179 e. The number of ether oxygens (including phenoxy) is 3. The monoisotopic (exact) mass is 326 g/mol. The third kappa shape index (κ3) is 4.04. The van der Waals surface area contributed by atoms with Gasteiger partial charge in [-0.25, -0.2) is 0 Å². The van der Waals surface area contributed by atoms with Crippen molar-refractivity contribution in [1.82, 2.24) is 10.2 Å². The Morgan fingerprint density at radius 2 is 2.14 bits per heavy atom. The Kier molecular flexibility index (Phi) is 5.41. The van der Waals surface area contributed by atoms with Gasteiger partial charge in [0.15, 0.2) is 11.5 Å². The van der Waals surface area contributed by atoms with Crippen LogP contribution in [0, 0.1) is 0 Å². The van der Waals surface area contributed by atoms with Gasteiger partial charge in [-0.05, 0) is 24.7 Å². The predicted octanol–water partition coefficient (Wildman–Crippen LogP) is 1.92. The lowest BCUT2D eigenvalue weighted by Crippen LogP contribution is -2.44. The Morgan fingerprint density at radius 1 is 1.27 bits per heavy atom. The average Bonchev–Trinajstić information content (AvgIpc) is 2.73. The number of nitrogens with one attached hydrogen (secondary N) is 1. The lowest BCUT2D eigenvalue weighted by molar-refractivity contribution is -0.0182. The summed E-state index contributed by atoms with van der Waals surface area (Å²) in [7, 11) is 2.12. The average molecular weight is 327 g/mol. The van der Waals surface area contributed by atoms with Crippen molar-refractivity contribution in [3.8, 4) is 11.5 Å². The molecule has 6 heteroatoms. The van der Waals surface area contributed by atoms with Gasteiger partial charge in [-0.3, -0.25) is 0 Å². The zero-order valence-corrected chi connectivity index (χ0v) is 13.7. The van der Waals surface area contributed by atoms with Crippen LogP contribution in [-0.2, 0) is 11.3 Å². The Labute approximate surface area is 136 Å². The summed E-state index contributed by atoms with van der Waals surface area (Å²) in [4.78, 5) is 2.29. The molecular formula is C16H23ClN2O3. The van der Waals surface area contributed by atoms with Crippen LogP contribution in [0.1, 0.15) is 12.0 Å². The van der Waals surface area contributed by atoms with Crippen LogP contribution in [0.25, 0.3) is 0 Å². The molecule has 5 nitrogen and oxygen atoms in total. The number of halogens is 1. The van der Waals surface area contributed by atoms with Crippen LogP contribution in [0.5, 0.6) is 11.5 Å². The highest BCUT2D eigenvalue weighted by atomic mass is 35.5. The van der Waals surface area contributed by atoms with Gasteiger partial charge in [0, 0.05) is 32.6 Å². The van der Waals surface area contributed by atoms with Crippen molar-refractivity contribution in [2.24, 2.45) is 0 Å². The summed E-state index contributed by atoms with van der Waals surface area (Å²) in [5.41, 5.74) is 1.10. The minimum absolute atomic E-state index is 0.245. The van der Waals surface area contributed by atoms with Crippen molar-refractivity contribution < 1.29 is 14.2 Å². The van der Waals surface area contributed by atoms with E-state index in [-0.39, 0.29) is 6.10 Å². The number of rotatable bonds is 4. The van der Waals surface area contributed by atoms with Gasteiger partial charge in [-0.15, -0.1) is 0 Å². The topological polar surface area (TPSA) is 43.0 Å². The summed E-state index contributed by atoms with van der Waals surface area (Å²) >= 11 is 6.30. The summed E-state index contributed by atoms with van der Waals surface area (Å²) in [6.07, 6.45) is 1.13. The number of morpholine rings is 1. The second-order valence-electron chi connectivity index (χ2n) is 5.84. The van der Waals surface area contributed by atoms with Crippen molar-refractivity contribution in [2.45, 2.75) is 19.1 Å². The Bertz CT molecular complexity index is 512. The Hall–Kier alpha value is -1.01. The number of hydrogen-bond acceptors (Lipinski definition) is 5. The first kappa shape index (κ1) is 15.9. The molecule has 1 N–H and O–H groups in total. The summed E-state index contributed by atoms with van der Waals surface area (Å²) < 4.78 is 17.1.